The zero-order chi connectivity index (χ0) is 20.8. The van der Waals surface area contributed by atoms with Crippen LogP contribution in [0.1, 0.15) is 34.1 Å². The highest BCUT2D eigenvalue weighted by molar-refractivity contribution is 5.90. The Labute approximate surface area is 170 Å². The number of carbonyl (C=O) groups excluding carboxylic acids is 1. The molecular weight excluding hydrogens is 368 g/mol. The van der Waals surface area contributed by atoms with Gasteiger partial charge in [0.25, 0.3) is 0 Å². The molecule has 150 valence electrons. The summed E-state index contributed by atoms with van der Waals surface area (Å²) in [5.74, 6) is 1.13. The summed E-state index contributed by atoms with van der Waals surface area (Å²) in [5, 5.41) is 4.32. The lowest BCUT2D eigenvalue weighted by atomic mass is 10.1. The number of nitrogens with zero attached hydrogens (tertiary/aromatic N) is 2. The number of hydrogen-bond donors (Lipinski definition) is 0. The fraction of sp³-hybridized carbons (Fsp3) is 0.217. The van der Waals surface area contributed by atoms with E-state index in [0.717, 1.165) is 34.0 Å². The molecule has 0 radical (unpaired) electrons. The quantitative estimate of drug-likeness (QED) is 0.436. The van der Waals surface area contributed by atoms with E-state index in [1.807, 2.05) is 61.5 Å². The number of ether oxygens (including phenoxy) is 3. The number of benzene rings is 2. The molecule has 0 saturated heterocycles. The molecule has 1 heterocycles. The Morgan fingerprint density at radius 3 is 2.21 bits per heavy atom. The van der Waals surface area contributed by atoms with Crippen LogP contribution in [0.5, 0.6) is 11.5 Å². The first kappa shape index (κ1) is 20.2. The molecule has 0 N–H and O–H groups in total. The van der Waals surface area contributed by atoms with E-state index in [1.165, 1.54) is 6.20 Å². The summed E-state index contributed by atoms with van der Waals surface area (Å²) < 4.78 is 17.4. The molecule has 0 amide bonds. The first-order chi connectivity index (χ1) is 14.0. The van der Waals surface area contributed by atoms with Crippen LogP contribution < -0.4 is 9.47 Å². The topological polar surface area (TPSA) is 62.6 Å². The van der Waals surface area contributed by atoms with E-state index >= 15 is 0 Å². The molecule has 2 aromatic carbocycles. The average Bonchev–Trinajstić information content (AvgIpc) is 3.14. The van der Waals surface area contributed by atoms with Crippen LogP contribution in [0.2, 0.25) is 0 Å². The number of methoxy groups -OCH3 is 2. The lowest BCUT2D eigenvalue weighted by molar-refractivity contribution is 0.0525. The van der Waals surface area contributed by atoms with Gasteiger partial charge in [0.1, 0.15) is 17.1 Å². The summed E-state index contributed by atoms with van der Waals surface area (Å²) in [6.07, 6.45) is 5.55. The Balaban J connectivity index is 1.79. The molecule has 0 saturated carbocycles. The van der Waals surface area contributed by atoms with Crippen molar-refractivity contribution in [3.05, 3.63) is 71.0 Å². The Morgan fingerprint density at radius 1 is 1.00 bits per heavy atom. The van der Waals surface area contributed by atoms with Crippen molar-refractivity contribution in [3.8, 4) is 17.2 Å². The number of hydrogen-bond acceptors (Lipinski definition) is 5. The second kappa shape index (κ2) is 9.10. The summed E-state index contributed by atoms with van der Waals surface area (Å²) in [6, 6.07) is 13.6. The van der Waals surface area contributed by atoms with E-state index in [4.69, 9.17) is 14.2 Å². The third kappa shape index (κ3) is 4.66. The molecule has 0 atom stereocenters. The average molecular weight is 392 g/mol. The van der Waals surface area contributed by atoms with E-state index < -0.39 is 0 Å². The third-order valence-electron chi connectivity index (χ3n) is 4.48. The van der Waals surface area contributed by atoms with Gasteiger partial charge in [-0.05, 0) is 49.2 Å². The van der Waals surface area contributed by atoms with Gasteiger partial charge in [-0.3, -0.25) is 0 Å². The van der Waals surface area contributed by atoms with Gasteiger partial charge < -0.3 is 14.2 Å². The first-order valence-electron chi connectivity index (χ1n) is 9.29. The van der Waals surface area contributed by atoms with Crippen molar-refractivity contribution < 1.29 is 19.0 Å². The lowest BCUT2D eigenvalue weighted by Gasteiger charge is -2.07. The monoisotopic (exact) mass is 392 g/mol. The zero-order valence-electron chi connectivity index (χ0n) is 17.0. The molecule has 1 aromatic heterocycles. The van der Waals surface area contributed by atoms with Crippen LogP contribution in [0, 0.1) is 6.92 Å². The molecule has 0 fully saturated rings. The summed E-state index contributed by atoms with van der Waals surface area (Å²) >= 11 is 0. The molecule has 0 aliphatic carbocycles. The molecule has 0 aliphatic heterocycles. The smallest absolute Gasteiger partial charge is 0.341 e. The normalized spacial score (nSPS) is 10.9. The number of aromatic nitrogens is 2. The summed E-state index contributed by atoms with van der Waals surface area (Å²) in [6.45, 7) is 3.97. The Kier molecular flexibility index (Phi) is 6.34. The number of carbonyl (C=O) groups is 1. The molecule has 3 aromatic rings. The molecule has 6 heteroatoms. The fourth-order valence-corrected chi connectivity index (χ4v) is 2.92. The number of rotatable bonds is 7. The van der Waals surface area contributed by atoms with Crippen LogP contribution in [-0.4, -0.2) is 36.6 Å². The highest BCUT2D eigenvalue weighted by Crippen LogP contribution is 2.24. The van der Waals surface area contributed by atoms with Crippen LogP contribution in [0.15, 0.2) is 48.7 Å². The molecule has 29 heavy (non-hydrogen) atoms. The van der Waals surface area contributed by atoms with Gasteiger partial charge in [-0.2, -0.15) is 5.10 Å². The second-order valence-electron chi connectivity index (χ2n) is 6.35. The molecule has 0 unspecified atom stereocenters. The molecule has 0 aliphatic rings. The predicted octanol–water partition coefficient (Wildman–Crippen LogP) is 4.55. The molecule has 0 bridgehead atoms. The Hall–Kier alpha value is -3.54. The summed E-state index contributed by atoms with van der Waals surface area (Å²) in [7, 11) is 3.26. The van der Waals surface area contributed by atoms with E-state index in [-0.39, 0.29) is 5.97 Å². The second-order valence-corrected chi connectivity index (χ2v) is 6.35. The fourth-order valence-electron chi connectivity index (χ4n) is 2.92. The van der Waals surface area contributed by atoms with Crippen LogP contribution >= 0.6 is 0 Å². The SMILES string of the molecule is CCOC(=O)c1cnn(-c2ccc(/C=C/c3cc(OC)cc(OC)c3)cc2)c1C. The molecular formula is C23H24N2O4. The van der Waals surface area contributed by atoms with Crippen molar-refractivity contribution in [2.75, 3.05) is 20.8 Å². The minimum Gasteiger partial charge on any atom is -0.497 e. The van der Waals surface area contributed by atoms with Gasteiger partial charge in [0.05, 0.1) is 38.4 Å². The van der Waals surface area contributed by atoms with Gasteiger partial charge >= 0.3 is 5.97 Å². The standard InChI is InChI=1S/C23H24N2O4/c1-5-29-23(26)22-15-24-25(16(22)2)19-10-8-17(9-11-19)6-7-18-12-20(27-3)14-21(13-18)28-4/h6-15H,5H2,1-4H3/b7-6+. The van der Waals surface area contributed by atoms with Gasteiger partial charge in [0.15, 0.2) is 0 Å². The van der Waals surface area contributed by atoms with Crippen molar-refractivity contribution in [1.29, 1.82) is 0 Å². The predicted molar refractivity (Wildman–Crippen MR) is 113 cm³/mol. The lowest BCUT2D eigenvalue weighted by Crippen LogP contribution is -2.06. The highest BCUT2D eigenvalue weighted by atomic mass is 16.5. The molecule has 3 rings (SSSR count). The maximum Gasteiger partial charge on any atom is 0.341 e. The van der Waals surface area contributed by atoms with Crippen molar-refractivity contribution in [3.63, 3.8) is 0 Å². The Morgan fingerprint density at radius 2 is 1.62 bits per heavy atom. The largest absolute Gasteiger partial charge is 0.497 e. The van der Waals surface area contributed by atoms with Crippen molar-refractivity contribution in [2.45, 2.75) is 13.8 Å². The van der Waals surface area contributed by atoms with Gasteiger partial charge in [0.2, 0.25) is 0 Å². The summed E-state index contributed by atoms with van der Waals surface area (Å²) in [5.41, 5.74) is 4.11. The molecule has 0 spiro atoms. The maximum absolute atomic E-state index is 12.0. The first-order valence-corrected chi connectivity index (χ1v) is 9.29. The minimum atomic E-state index is -0.357. The van der Waals surface area contributed by atoms with Crippen molar-refractivity contribution in [2.24, 2.45) is 0 Å². The van der Waals surface area contributed by atoms with Gasteiger partial charge in [-0.15, -0.1) is 0 Å². The van der Waals surface area contributed by atoms with Crippen LogP contribution in [0.4, 0.5) is 0 Å². The van der Waals surface area contributed by atoms with Crippen molar-refractivity contribution >= 4 is 18.1 Å². The Bertz CT molecular complexity index is 998. The van der Waals surface area contributed by atoms with E-state index in [2.05, 4.69) is 5.10 Å². The summed E-state index contributed by atoms with van der Waals surface area (Å²) in [4.78, 5) is 12.0. The van der Waals surface area contributed by atoms with Gasteiger partial charge in [-0.1, -0.05) is 24.3 Å². The zero-order valence-corrected chi connectivity index (χ0v) is 17.0. The van der Waals surface area contributed by atoms with E-state index in [0.29, 0.717) is 12.2 Å². The van der Waals surface area contributed by atoms with Gasteiger partial charge in [-0.25, -0.2) is 9.48 Å². The highest BCUT2D eigenvalue weighted by Gasteiger charge is 2.15. The van der Waals surface area contributed by atoms with Crippen molar-refractivity contribution in [1.82, 2.24) is 9.78 Å². The van der Waals surface area contributed by atoms with Crippen LogP contribution in [-0.2, 0) is 4.74 Å². The minimum absolute atomic E-state index is 0.337. The van der Waals surface area contributed by atoms with E-state index in [1.54, 1.807) is 25.8 Å². The van der Waals surface area contributed by atoms with Crippen LogP contribution in [0.3, 0.4) is 0 Å². The van der Waals surface area contributed by atoms with Gasteiger partial charge in [0, 0.05) is 6.07 Å². The van der Waals surface area contributed by atoms with E-state index in [9.17, 15) is 4.79 Å². The number of esters is 1. The maximum atomic E-state index is 12.0. The molecule has 6 nitrogen and oxygen atoms in total. The van der Waals surface area contributed by atoms with Crippen LogP contribution in [0.25, 0.3) is 17.8 Å². The third-order valence-corrected chi connectivity index (χ3v) is 4.48.